The lowest BCUT2D eigenvalue weighted by atomic mass is 10.1. The van der Waals surface area contributed by atoms with Crippen LogP contribution in [0.15, 0.2) is 12.4 Å². The summed E-state index contributed by atoms with van der Waals surface area (Å²) in [6, 6.07) is -0.226. The van der Waals surface area contributed by atoms with Gasteiger partial charge in [-0.15, -0.1) is 0 Å². The molecule has 0 aliphatic carbocycles. The maximum absolute atomic E-state index is 12.0. The van der Waals surface area contributed by atoms with Gasteiger partial charge in [-0.25, -0.2) is 0 Å². The SMILES string of the molecule is CC(=O)N1CC(OCC(=O)N[C@H]2COC[C@H]2Oc2cnn(C)c2)C1. The van der Waals surface area contributed by atoms with Gasteiger partial charge in [-0.2, -0.15) is 5.10 Å². The van der Waals surface area contributed by atoms with Crippen molar-refractivity contribution in [3.63, 3.8) is 0 Å². The first-order valence-corrected chi connectivity index (χ1v) is 7.91. The third-order valence-electron chi connectivity index (χ3n) is 4.09. The van der Waals surface area contributed by atoms with Crippen LogP contribution in [-0.2, 0) is 26.1 Å². The van der Waals surface area contributed by atoms with E-state index in [1.165, 1.54) is 6.92 Å². The van der Waals surface area contributed by atoms with Crippen LogP contribution in [0, 0.1) is 0 Å². The summed E-state index contributed by atoms with van der Waals surface area (Å²) in [5.74, 6) is 0.451. The highest BCUT2D eigenvalue weighted by Crippen LogP contribution is 2.16. The predicted molar refractivity (Wildman–Crippen MR) is 82.4 cm³/mol. The molecule has 0 spiro atoms. The molecule has 0 unspecified atom stereocenters. The second-order valence-corrected chi connectivity index (χ2v) is 6.07. The number of nitrogens with one attached hydrogen (secondary N) is 1. The lowest BCUT2D eigenvalue weighted by Gasteiger charge is -2.38. The van der Waals surface area contributed by atoms with Crippen LogP contribution in [-0.4, -0.2) is 77.7 Å². The van der Waals surface area contributed by atoms with Gasteiger partial charge in [0.1, 0.15) is 12.7 Å². The standard InChI is InChI=1S/C15H22N4O5/c1-10(20)19-5-12(6-19)23-9-15(21)17-13-7-22-8-14(13)24-11-3-16-18(2)4-11/h3-4,12-14H,5-9H2,1-2H3,(H,17,21)/t13-,14+/m0/s1. The van der Waals surface area contributed by atoms with Gasteiger partial charge >= 0.3 is 0 Å². The van der Waals surface area contributed by atoms with Gasteiger partial charge in [0.25, 0.3) is 0 Å². The Morgan fingerprint density at radius 3 is 2.88 bits per heavy atom. The molecule has 2 aliphatic heterocycles. The molecule has 0 aromatic carbocycles. The Bertz CT molecular complexity index is 598. The number of carbonyl (C=O) groups excluding carboxylic acids is 2. The zero-order valence-electron chi connectivity index (χ0n) is 13.8. The number of carbonyl (C=O) groups is 2. The Kier molecular flexibility index (Phi) is 5.00. The molecule has 24 heavy (non-hydrogen) atoms. The third-order valence-corrected chi connectivity index (χ3v) is 4.09. The molecule has 1 N–H and O–H groups in total. The Morgan fingerprint density at radius 2 is 2.21 bits per heavy atom. The van der Waals surface area contributed by atoms with Gasteiger partial charge in [0, 0.05) is 27.1 Å². The highest BCUT2D eigenvalue weighted by Gasteiger charge is 2.33. The van der Waals surface area contributed by atoms with E-state index >= 15 is 0 Å². The minimum atomic E-state index is -0.255. The number of hydrogen-bond donors (Lipinski definition) is 1. The Hall–Kier alpha value is -2.13. The molecule has 2 amide bonds. The molecule has 3 heterocycles. The van der Waals surface area contributed by atoms with E-state index in [9.17, 15) is 9.59 Å². The fourth-order valence-electron chi connectivity index (χ4n) is 2.66. The van der Waals surface area contributed by atoms with Crippen molar-refractivity contribution in [2.24, 2.45) is 7.05 Å². The maximum Gasteiger partial charge on any atom is 0.246 e. The van der Waals surface area contributed by atoms with Gasteiger partial charge in [-0.1, -0.05) is 0 Å². The first kappa shape index (κ1) is 16.7. The topological polar surface area (TPSA) is 94.9 Å². The van der Waals surface area contributed by atoms with Gasteiger partial charge in [0.05, 0.1) is 37.8 Å². The van der Waals surface area contributed by atoms with Crippen LogP contribution in [0.25, 0.3) is 0 Å². The minimum Gasteiger partial charge on any atom is -0.482 e. The smallest absolute Gasteiger partial charge is 0.246 e. The van der Waals surface area contributed by atoms with E-state index in [2.05, 4.69) is 10.4 Å². The number of likely N-dealkylation sites (tertiary alicyclic amines) is 1. The Morgan fingerprint density at radius 1 is 1.42 bits per heavy atom. The van der Waals surface area contributed by atoms with Crippen LogP contribution in [0.3, 0.4) is 0 Å². The minimum absolute atomic E-state index is 0.0257. The van der Waals surface area contributed by atoms with E-state index in [4.69, 9.17) is 14.2 Å². The van der Waals surface area contributed by atoms with Crippen molar-refractivity contribution in [1.29, 1.82) is 0 Å². The summed E-state index contributed by atoms with van der Waals surface area (Å²) in [4.78, 5) is 24.8. The van der Waals surface area contributed by atoms with Gasteiger partial charge in [0.2, 0.25) is 11.8 Å². The number of amides is 2. The summed E-state index contributed by atoms with van der Waals surface area (Å²) in [6.45, 7) is 3.39. The van der Waals surface area contributed by atoms with Crippen LogP contribution >= 0.6 is 0 Å². The van der Waals surface area contributed by atoms with Crippen molar-refractivity contribution in [2.45, 2.75) is 25.2 Å². The molecule has 3 rings (SSSR count). The summed E-state index contributed by atoms with van der Waals surface area (Å²) < 4.78 is 18.3. The van der Waals surface area contributed by atoms with E-state index in [0.717, 1.165) is 0 Å². The monoisotopic (exact) mass is 338 g/mol. The summed E-state index contributed by atoms with van der Waals surface area (Å²) in [6.07, 6.45) is 3.06. The molecule has 2 aliphatic rings. The molecule has 2 saturated heterocycles. The number of nitrogens with zero attached hydrogens (tertiary/aromatic N) is 3. The van der Waals surface area contributed by atoms with Crippen molar-refractivity contribution in [2.75, 3.05) is 32.9 Å². The fourth-order valence-corrected chi connectivity index (χ4v) is 2.66. The summed E-state index contributed by atoms with van der Waals surface area (Å²) >= 11 is 0. The van der Waals surface area contributed by atoms with Crippen molar-refractivity contribution in [3.8, 4) is 5.75 Å². The van der Waals surface area contributed by atoms with E-state index in [0.29, 0.717) is 32.1 Å². The van der Waals surface area contributed by atoms with Crippen molar-refractivity contribution < 1.29 is 23.8 Å². The Labute approximate surface area is 139 Å². The third kappa shape index (κ3) is 4.04. The molecular formula is C15H22N4O5. The number of hydrogen-bond acceptors (Lipinski definition) is 6. The second-order valence-electron chi connectivity index (χ2n) is 6.07. The predicted octanol–water partition coefficient (Wildman–Crippen LogP) is -1.07. The highest BCUT2D eigenvalue weighted by atomic mass is 16.5. The first-order valence-electron chi connectivity index (χ1n) is 7.91. The molecule has 9 heteroatoms. The average molecular weight is 338 g/mol. The zero-order valence-corrected chi connectivity index (χ0v) is 13.8. The molecule has 1 aromatic rings. The molecule has 2 atom stereocenters. The molecule has 1 aromatic heterocycles. The van der Waals surface area contributed by atoms with Crippen LogP contribution < -0.4 is 10.1 Å². The summed E-state index contributed by atoms with van der Waals surface area (Å²) in [5.41, 5.74) is 0. The number of rotatable bonds is 6. The van der Waals surface area contributed by atoms with Crippen molar-refractivity contribution in [1.82, 2.24) is 20.0 Å². The second kappa shape index (κ2) is 7.18. The molecule has 9 nitrogen and oxygen atoms in total. The average Bonchev–Trinajstić information content (AvgIpc) is 3.07. The van der Waals surface area contributed by atoms with Crippen LogP contribution in [0.1, 0.15) is 6.92 Å². The molecule has 0 radical (unpaired) electrons. The fraction of sp³-hybridized carbons (Fsp3) is 0.667. The summed E-state index contributed by atoms with van der Waals surface area (Å²) in [7, 11) is 1.81. The molecule has 0 saturated carbocycles. The van der Waals surface area contributed by atoms with Crippen LogP contribution in [0.5, 0.6) is 5.75 Å². The lowest BCUT2D eigenvalue weighted by molar-refractivity contribution is -0.146. The largest absolute Gasteiger partial charge is 0.482 e. The number of ether oxygens (including phenoxy) is 3. The van der Waals surface area contributed by atoms with E-state index in [1.54, 1.807) is 22.0 Å². The van der Waals surface area contributed by atoms with Crippen molar-refractivity contribution >= 4 is 11.8 Å². The first-order chi connectivity index (χ1) is 11.5. The normalized spacial score (nSPS) is 23.8. The molecule has 0 bridgehead atoms. The van der Waals surface area contributed by atoms with E-state index in [-0.39, 0.29) is 36.7 Å². The van der Waals surface area contributed by atoms with Gasteiger partial charge in [0.15, 0.2) is 5.75 Å². The van der Waals surface area contributed by atoms with E-state index in [1.807, 2.05) is 7.05 Å². The number of aryl methyl sites for hydroxylation is 1. The molecule has 132 valence electrons. The highest BCUT2D eigenvalue weighted by molar-refractivity contribution is 5.77. The van der Waals surface area contributed by atoms with Crippen LogP contribution in [0.4, 0.5) is 0 Å². The van der Waals surface area contributed by atoms with Gasteiger partial charge in [-0.05, 0) is 0 Å². The Balaban J connectivity index is 1.39. The van der Waals surface area contributed by atoms with E-state index < -0.39 is 0 Å². The maximum atomic E-state index is 12.0. The van der Waals surface area contributed by atoms with Gasteiger partial charge < -0.3 is 24.4 Å². The van der Waals surface area contributed by atoms with Crippen molar-refractivity contribution in [3.05, 3.63) is 12.4 Å². The quantitative estimate of drug-likeness (QED) is 0.710. The zero-order chi connectivity index (χ0) is 17.1. The molecular weight excluding hydrogens is 316 g/mol. The van der Waals surface area contributed by atoms with Gasteiger partial charge in [-0.3, -0.25) is 14.3 Å². The lowest BCUT2D eigenvalue weighted by Crippen LogP contribution is -2.55. The summed E-state index contributed by atoms with van der Waals surface area (Å²) in [5, 5.41) is 6.92. The molecule has 2 fully saturated rings. The number of aromatic nitrogens is 2. The van der Waals surface area contributed by atoms with Crippen LogP contribution in [0.2, 0.25) is 0 Å².